The zero-order valence-electron chi connectivity index (χ0n) is 13.6. The summed E-state index contributed by atoms with van der Waals surface area (Å²) in [6, 6.07) is 18.0. The molecule has 0 radical (unpaired) electrons. The minimum absolute atomic E-state index is 0.178. The highest BCUT2D eigenvalue weighted by atomic mass is 32.1. The van der Waals surface area contributed by atoms with Crippen LogP contribution in [0.3, 0.4) is 0 Å². The number of rotatable bonds is 4. The number of carbonyl (C=O) groups excluding carboxylic acids is 1. The van der Waals surface area contributed by atoms with E-state index in [9.17, 15) is 4.79 Å². The Labute approximate surface area is 145 Å². The summed E-state index contributed by atoms with van der Waals surface area (Å²) < 4.78 is 0. The van der Waals surface area contributed by atoms with Crippen LogP contribution >= 0.6 is 11.3 Å². The molecule has 0 fully saturated rings. The fourth-order valence-corrected chi connectivity index (χ4v) is 3.15. The molecule has 1 heterocycles. The van der Waals surface area contributed by atoms with Crippen molar-refractivity contribution in [2.75, 3.05) is 5.32 Å². The lowest BCUT2D eigenvalue weighted by Gasteiger charge is -1.99. The van der Waals surface area contributed by atoms with Gasteiger partial charge in [0.1, 0.15) is 0 Å². The molecule has 0 aliphatic heterocycles. The first-order valence-corrected chi connectivity index (χ1v) is 8.52. The molecule has 0 aliphatic carbocycles. The summed E-state index contributed by atoms with van der Waals surface area (Å²) in [7, 11) is 0. The van der Waals surface area contributed by atoms with Gasteiger partial charge in [0.25, 0.3) is 0 Å². The van der Waals surface area contributed by atoms with E-state index in [4.69, 9.17) is 0 Å². The molecule has 3 nitrogen and oxygen atoms in total. The Hall–Kier alpha value is -2.72. The van der Waals surface area contributed by atoms with Crippen LogP contribution in [0, 0.1) is 13.8 Å². The van der Waals surface area contributed by atoms with Gasteiger partial charge >= 0.3 is 0 Å². The van der Waals surface area contributed by atoms with Crippen molar-refractivity contribution < 1.29 is 4.79 Å². The molecule has 0 saturated carbocycles. The normalized spacial score (nSPS) is 10.9. The number of aryl methyl sites for hydroxylation is 2. The molecular weight excluding hydrogens is 316 g/mol. The smallest absolute Gasteiger partial charge is 0.250 e. The summed E-state index contributed by atoms with van der Waals surface area (Å²) in [6.45, 7) is 4.07. The minimum atomic E-state index is -0.178. The van der Waals surface area contributed by atoms with Gasteiger partial charge in [-0.15, -0.1) is 11.3 Å². The highest BCUT2D eigenvalue weighted by molar-refractivity contribution is 7.16. The van der Waals surface area contributed by atoms with Gasteiger partial charge in [-0.3, -0.25) is 10.1 Å². The number of aromatic nitrogens is 1. The SMILES string of the molecule is Cc1ccc(-c2nc(NC(=O)/C=C/c3ccccc3)sc2C)cc1. The van der Waals surface area contributed by atoms with Gasteiger partial charge < -0.3 is 0 Å². The van der Waals surface area contributed by atoms with Crippen LogP contribution in [0.4, 0.5) is 5.13 Å². The van der Waals surface area contributed by atoms with Gasteiger partial charge in [0.15, 0.2) is 5.13 Å². The van der Waals surface area contributed by atoms with Crippen molar-refractivity contribution in [3.05, 3.63) is 76.7 Å². The Bertz CT molecular complexity index is 864. The van der Waals surface area contributed by atoms with Crippen LogP contribution in [-0.4, -0.2) is 10.9 Å². The standard InChI is InChI=1S/C20H18N2OS/c1-14-8-11-17(12-9-14)19-15(2)24-20(22-19)21-18(23)13-10-16-6-4-3-5-7-16/h3-13H,1-2H3,(H,21,22,23)/b13-10+. The Morgan fingerprint density at radius 2 is 1.75 bits per heavy atom. The number of hydrogen-bond acceptors (Lipinski definition) is 3. The molecule has 1 aromatic heterocycles. The van der Waals surface area contributed by atoms with Gasteiger partial charge in [-0.25, -0.2) is 4.98 Å². The number of carbonyl (C=O) groups is 1. The van der Waals surface area contributed by atoms with E-state index in [2.05, 4.69) is 41.5 Å². The zero-order chi connectivity index (χ0) is 16.9. The third-order valence-electron chi connectivity index (χ3n) is 3.58. The van der Waals surface area contributed by atoms with Gasteiger partial charge in [0.05, 0.1) is 5.69 Å². The topological polar surface area (TPSA) is 42.0 Å². The average Bonchev–Trinajstić information content (AvgIpc) is 2.95. The van der Waals surface area contributed by atoms with Gasteiger partial charge in [-0.05, 0) is 25.5 Å². The van der Waals surface area contributed by atoms with Crippen LogP contribution in [0.15, 0.2) is 60.7 Å². The van der Waals surface area contributed by atoms with Crippen molar-refractivity contribution in [2.45, 2.75) is 13.8 Å². The van der Waals surface area contributed by atoms with E-state index in [0.29, 0.717) is 5.13 Å². The van der Waals surface area contributed by atoms with E-state index in [-0.39, 0.29) is 5.91 Å². The second kappa shape index (κ2) is 7.23. The molecule has 120 valence electrons. The van der Waals surface area contributed by atoms with Crippen molar-refractivity contribution in [1.82, 2.24) is 4.98 Å². The molecule has 3 aromatic rings. The first kappa shape index (κ1) is 16.1. The van der Waals surface area contributed by atoms with E-state index < -0.39 is 0 Å². The second-order valence-electron chi connectivity index (χ2n) is 5.52. The van der Waals surface area contributed by atoms with Gasteiger partial charge in [-0.1, -0.05) is 60.2 Å². The molecule has 0 unspecified atom stereocenters. The predicted octanol–water partition coefficient (Wildman–Crippen LogP) is 5.08. The largest absolute Gasteiger partial charge is 0.298 e. The molecule has 0 atom stereocenters. The first-order chi connectivity index (χ1) is 11.6. The number of amides is 1. The molecule has 4 heteroatoms. The number of benzene rings is 2. The number of nitrogens with zero attached hydrogens (tertiary/aromatic N) is 1. The molecule has 0 aliphatic rings. The zero-order valence-corrected chi connectivity index (χ0v) is 14.4. The van der Waals surface area contributed by atoms with Crippen molar-refractivity contribution in [3.8, 4) is 11.3 Å². The minimum Gasteiger partial charge on any atom is -0.298 e. The number of hydrogen-bond donors (Lipinski definition) is 1. The lowest BCUT2D eigenvalue weighted by Crippen LogP contribution is -2.07. The summed E-state index contributed by atoms with van der Waals surface area (Å²) in [5, 5.41) is 3.45. The van der Waals surface area contributed by atoms with Crippen molar-refractivity contribution in [3.63, 3.8) is 0 Å². The van der Waals surface area contributed by atoms with Gasteiger partial charge in [0, 0.05) is 16.5 Å². The molecule has 24 heavy (non-hydrogen) atoms. The van der Waals surface area contributed by atoms with E-state index in [1.807, 2.05) is 37.3 Å². The van der Waals surface area contributed by atoms with Gasteiger partial charge in [0.2, 0.25) is 5.91 Å². The van der Waals surface area contributed by atoms with E-state index in [1.165, 1.54) is 23.0 Å². The summed E-state index contributed by atoms with van der Waals surface area (Å²) in [4.78, 5) is 17.7. The first-order valence-electron chi connectivity index (χ1n) is 7.70. The predicted molar refractivity (Wildman–Crippen MR) is 101 cm³/mol. The molecule has 1 amide bonds. The molecule has 0 saturated heterocycles. The monoisotopic (exact) mass is 334 g/mol. The number of nitrogens with one attached hydrogen (secondary N) is 1. The summed E-state index contributed by atoms with van der Waals surface area (Å²) in [5.74, 6) is -0.178. The maximum Gasteiger partial charge on any atom is 0.250 e. The lowest BCUT2D eigenvalue weighted by atomic mass is 10.1. The molecular formula is C20H18N2OS. The van der Waals surface area contributed by atoms with E-state index in [0.717, 1.165) is 21.7 Å². The van der Waals surface area contributed by atoms with Crippen LogP contribution < -0.4 is 5.32 Å². The fraction of sp³-hybridized carbons (Fsp3) is 0.100. The Balaban J connectivity index is 1.72. The van der Waals surface area contributed by atoms with E-state index >= 15 is 0 Å². The quantitative estimate of drug-likeness (QED) is 0.676. The molecule has 0 spiro atoms. The Kier molecular flexibility index (Phi) is 4.87. The van der Waals surface area contributed by atoms with Crippen LogP contribution in [0.5, 0.6) is 0 Å². The lowest BCUT2D eigenvalue weighted by molar-refractivity contribution is -0.111. The van der Waals surface area contributed by atoms with Crippen LogP contribution in [0.1, 0.15) is 16.0 Å². The third-order valence-corrected chi connectivity index (χ3v) is 4.46. The van der Waals surface area contributed by atoms with Crippen LogP contribution in [0.2, 0.25) is 0 Å². The average molecular weight is 334 g/mol. The van der Waals surface area contributed by atoms with Crippen molar-refractivity contribution >= 4 is 28.5 Å². The second-order valence-corrected chi connectivity index (χ2v) is 6.73. The maximum atomic E-state index is 12.1. The Morgan fingerprint density at radius 3 is 2.46 bits per heavy atom. The van der Waals surface area contributed by atoms with Crippen molar-refractivity contribution in [2.24, 2.45) is 0 Å². The molecule has 1 N–H and O–H groups in total. The number of thiazole rings is 1. The molecule has 3 rings (SSSR count). The Morgan fingerprint density at radius 1 is 1.04 bits per heavy atom. The number of anilines is 1. The van der Waals surface area contributed by atoms with Crippen LogP contribution in [-0.2, 0) is 4.79 Å². The third kappa shape index (κ3) is 3.97. The van der Waals surface area contributed by atoms with Crippen LogP contribution in [0.25, 0.3) is 17.3 Å². The summed E-state index contributed by atoms with van der Waals surface area (Å²) in [6.07, 6.45) is 3.31. The van der Waals surface area contributed by atoms with E-state index in [1.54, 1.807) is 6.08 Å². The molecule has 0 bridgehead atoms. The summed E-state index contributed by atoms with van der Waals surface area (Å²) in [5.41, 5.74) is 4.19. The van der Waals surface area contributed by atoms with Crippen molar-refractivity contribution in [1.29, 1.82) is 0 Å². The van der Waals surface area contributed by atoms with Gasteiger partial charge in [-0.2, -0.15) is 0 Å². The molecule has 2 aromatic carbocycles. The highest BCUT2D eigenvalue weighted by Crippen LogP contribution is 2.30. The fourth-order valence-electron chi connectivity index (χ4n) is 2.31. The maximum absolute atomic E-state index is 12.1. The summed E-state index contributed by atoms with van der Waals surface area (Å²) >= 11 is 1.49. The highest BCUT2D eigenvalue weighted by Gasteiger charge is 2.11.